The highest BCUT2D eigenvalue weighted by molar-refractivity contribution is 7.99. The quantitative estimate of drug-likeness (QED) is 0.859. The molecule has 2 unspecified atom stereocenters. The Kier molecular flexibility index (Phi) is 3.94. The van der Waals surface area contributed by atoms with Crippen LogP contribution in [0.2, 0.25) is 0 Å². The predicted octanol–water partition coefficient (Wildman–Crippen LogP) is 2.01. The first-order chi connectivity index (χ1) is 8.16. The number of aryl methyl sites for hydroxylation is 1. The van der Waals surface area contributed by atoms with Gasteiger partial charge in [-0.1, -0.05) is 12.1 Å². The van der Waals surface area contributed by atoms with E-state index in [4.69, 9.17) is 5.73 Å². The number of nitrogens with one attached hydrogen (secondary N) is 1. The molecule has 2 rings (SSSR count). The van der Waals surface area contributed by atoms with Crippen LogP contribution in [0.3, 0.4) is 0 Å². The number of primary amides is 1. The Morgan fingerprint density at radius 1 is 1.59 bits per heavy atom. The maximum absolute atomic E-state index is 11.5. The monoisotopic (exact) mass is 250 g/mol. The summed E-state index contributed by atoms with van der Waals surface area (Å²) in [4.78, 5) is 11.5. The largest absolute Gasteiger partial charge is 0.373 e. The van der Waals surface area contributed by atoms with Crippen LogP contribution >= 0.6 is 11.8 Å². The van der Waals surface area contributed by atoms with Crippen LogP contribution in [0.25, 0.3) is 0 Å². The van der Waals surface area contributed by atoms with Gasteiger partial charge >= 0.3 is 0 Å². The van der Waals surface area contributed by atoms with E-state index < -0.39 is 0 Å². The molecule has 1 aromatic carbocycles. The Labute approximate surface area is 106 Å². The van der Waals surface area contributed by atoms with Crippen LogP contribution in [0.15, 0.2) is 24.3 Å². The van der Waals surface area contributed by atoms with Gasteiger partial charge in [0.25, 0.3) is 0 Å². The van der Waals surface area contributed by atoms with Crippen molar-refractivity contribution < 1.29 is 4.79 Å². The van der Waals surface area contributed by atoms with Crippen LogP contribution in [0.1, 0.15) is 12.0 Å². The average Bonchev–Trinajstić information content (AvgIpc) is 2.78. The number of benzene rings is 1. The van der Waals surface area contributed by atoms with Gasteiger partial charge in [0.05, 0.1) is 0 Å². The molecule has 1 saturated heterocycles. The Bertz CT molecular complexity index is 402. The zero-order valence-corrected chi connectivity index (χ0v) is 10.8. The molecule has 0 saturated carbocycles. The van der Waals surface area contributed by atoms with Gasteiger partial charge in [0.2, 0.25) is 5.91 Å². The smallest absolute Gasteiger partial charge is 0.240 e. The minimum Gasteiger partial charge on any atom is -0.373 e. The fraction of sp³-hybridized carbons (Fsp3) is 0.462. The van der Waals surface area contributed by atoms with Crippen molar-refractivity contribution >= 4 is 23.4 Å². The van der Waals surface area contributed by atoms with E-state index in [9.17, 15) is 4.79 Å². The SMILES string of the molecule is Cc1cccc(NC(C(N)=O)C2CCSC2)c1. The van der Waals surface area contributed by atoms with Crippen molar-refractivity contribution in [2.75, 3.05) is 16.8 Å². The molecule has 17 heavy (non-hydrogen) atoms. The van der Waals surface area contributed by atoms with E-state index in [1.54, 1.807) is 0 Å². The standard InChI is InChI=1S/C13H18N2OS/c1-9-3-2-4-11(7-9)15-12(13(14)16)10-5-6-17-8-10/h2-4,7,10,12,15H,5-6,8H2,1H3,(H2,14,16). The molecule has 0 aliphatic carbocycles. The zero-order valence-electron chi connectivity index (χ0n) is 9.98. The number of carbonyl (C=O) groups excluding carboxylic acids is 1. The van der Waals surface area contributed by atoms with Crippen LogP contribution in [-0.4, -0.2) is 23.5 Å². The van der Waals surface area contributed by atoms with Crippen molar-refractivity contribution in [1.82, 2.24) is 0 Å². The minimum absolute atomic E-state index is 0.244. The molecule has 0 aromatic heterocycles. The summed E-state index contributed by atoms with van der Waals surface area (Å²) in [7, 11) is 0. The molecule has 0 bridgehead atoms. The van der Waals surface area contributed by atoms with E-state index in [1.165, 1.54) is 5.56 Å². The lowest BCUT2D eigenvalue weighted by Crippen LogP contribution is -2.41. The third-order valence-corrected chi connectivity index (χ3v) is 4.27. The molecule has 0 radical (unpaired) electrons. The summed E-state index contributed by atoms with van der Waals surface area (Å²) in [6.45, 7) is 2.04. The molecule has 92 valence electrons. The van der Waals surface area contributed by atoms with Crippen molar-refractivity contribution in [2.24, 2.45) is 11.7 Å². The van der Waals surface area contributed by atoms with Crippen molar-refractivity contribution in [2.45, 2.75) is 19.4 Å². The summed E-state index contributed by atoms with van der Waals surface area (Å²) in [5.74, 6) is 2.26. The number of thioether (sulfide) groups is 1. The second-order valence-corrected chi connectivity index (χ2v) is 5.67. The molecule has 1 fully saturated rings. The van der Waals surface area contributed by atoms with Gasteiger partial charge in [-0.3, -0.25) is 4.79 Å². The molecule has 1 aliphatic rings. The molecule has 4 heteroatoms. The first-order valence-corrected chi connectivity index (χ1v) is 7.02. The lowest BCUT2D eigenvalue weighted by atomic mass is 9.98. The van der Waals surface area contributed by atoms with Crippen LogP contribution < -0.4 is 11.1 Å². The highest BCUT2D eigenvalue weighted by Gasteiger charge is 2.29. The van der Waals surface area contributed by atoms with Crippen molar-refractivity contribution in [3.63, 3.8) is 0 Å². The van der Waals surface area contributed by atoms with Gasteiger partial charge in [-0.2, -0.15) is 11.8 Å². The lowest BCUT2D eigenvalue weighted by Gasteiger charge is -2.22. The maximum atomic E-state index is 11.5. The number of rotatable bonds is 4. The van der Waals surface area contributed by atoms with E-state index in [0.29, 0.717) is 5.92 Å². The second kappa shape index (κ2) is 5.45. The van der Waals surface area contributed by atoms with Crippen LogP contribution in [0, 0.1) is 12.8 Å². The maximum Gasteiger partial charge on any atom is 0.240 e. The number of amides is 1. The number of anilines is 1. The van der Waals surface area contributed by atoms with Gasteiger partial charge in [0.15, 0.2) is 0 Å². The fourth-order valence-corrected chi connectivity index (χ4v) is 3.45. The fourth-order valence-electron chi connectivity index (χ4n) is 2.15. The summed E-state index contributed by atoms with van der Waals surface area (Å²) in [6, 6.07) is 7.80. The highest BCUT2D eigenvalue weighted by atomic mass is 32.2. The molecule has 1 aliphatic heterocycles. The summed E-state index contributed by atoms with van der Waals surface area (Å²) >= 11 is 1.89. The molecular weight excluding hydrogens is 232 g/mol. The van der Waals surface area contributed by atoms with Crippen LogP contribution in [-0.2, 0) is 4.79 Å². The number of hydrogen-bond donors (Lipinski definition) is 2. The van der Waals surface area contributed by atoms with E-state index in [2.05, 4.69) is 5.32 Å². The van der Waals surface area contributed by atoms with Crippen molar-refractivity contribution in [3.05, 3.63) is 29.8 Å². The Morgan fingerprint density at radius 2 is 2.41 bits per heavy atom. The summed E-state index contributed by atoms with van der Waals surface area (Å²) in [5.41, 5.74) is 7.65. The van der Waals surface area contributed by atoms with E-state index >= 15 is 0 Å². The first-order valence-electron chi connectivity index (χ1n) is 5.87. The van der Waals surface area contributed by atoms with Gasteiger partial charge in [-0.15, -0.1) is 0 Å². The topological polar surface area (TPSA) is 55.1 Å². The minimum atomic E-state index is -0.251. The Balaban J connectivity index is 2.09. The number of carbonyl (C=O) groups is 1. The molecule has 1 heterocycles. The van der Waals surface area contributed by atoms with Gasteiger partial charge in [0, 0.05) is 5.69 Å². The van der Waals surface area contributed by atoms with Gasteiger partial charge in [-0.05, 0) is 48.5 Å². The van der Waals surface area contributed by atoms with Crippen molar-refractivity contribution in [3.8, 4) is 0 Å². The normalized spacial score (nSPS) is 21.1. The predicted molar refractivity (Wildman–Crippen MR) is 73.2 cm³/mol. The molecular formula is C13H18N2OS. The first kappa shape index (κ1) is 12.3. The third kappa shape index (κ3) is 3.16. The molecule has 1 amide bonds. The van der Waals surface area contributed by atoms with Gasteiger partial charge in [0.1, 0.15) is 6.04 Å². The zero-order chi connectivity index (χ0) is 12.3. The Morgan fingerprint density at radius 3 is 3.00 bits per heavy atom. The summed E-state index contributed by atoms with van der Waals surface area (Å²) in [5, 5.41) is 3.27. The molecule has 2 atom stereocenters. The van der Waals surface area contributed by atoms with E-state index in [1.807, 2.05) is 43.0 Å². The highest BCUT2D eigenvalue weighted by Crippen LogP contribution is 2.28. The molecule has 3 nitrogen and oxygen atoms in total. The van der Waals surface area contributed by atoms with Crippen molar-refractivity contribution in [1.29, 1.82) is 0 Å². The summed E-state index contributed by atoms with van der Waals surface area (Å²) in [6.07, 6.45) is 1.07. The number of nitrogens with two attached hydrogens (primary N) is 1. The third-order valence-electron chi connectivity index (χ3n) is 3.08. The molecule has 3 N–H and O–H groups in total. The van der Waals surface area contributed by atoms with Crippen LogP contribution in [0.4, 0.5) is 5.69 Å². The van der Waals surface area contributed by atoms with Gasteiger partial charge in [-0.25, -0.2) is 0 Å². The molecule has 0 spiro atoms. The van der Waals surface area contributed by atoms with Gasteiger partial charge < -0.3 is 11.1 Å². The second-order valence-electron chi connectivity index (χ2n) is 4.52. The number of hydrogen-bond acceptors (Lipinski definition) is 3. The average molecular weight is 250 g/mol. The van der Waals surface area contributed by atoms with Crippen LogP contribution in [0.5, 0.6) is 0 Å². The van der Waals surface area contributed by atoms with E-state index in [-0.39, 0.29) is 11.9 Å². The molecule has 1 aromatic rings. The van der Waals surface area contributed by atoms with E-state index in [0.717, 1.165) is 23.6 Å². The summed E-state index contributed by atoms with van der Waals surface area (Å²) < 4.78 is 0. The lowest BCUT2D eigenvalue weighted by molar-refractivity contribution is -0.119. The Hall–Kier alpha value is -1.16.